The highest BCUT2D eigenvalue weighted by Crippen LogP contribution is 2.12. The van der Waals surface area contributed by atoms with Crippen LogP contribution in [0.1, 0.15) is 110 Å². The van der Waals surface area contributed by atoms with Crippen molar-refractivity contribution < 1.29 is 42.6 Å². The summed E-state index contributed by atoms with van der Waals surface area (Å²) in [4.78, 5) is 37.7. The van der Waals surface area contributed by atoms with Crippen LogP contribution < -0.4 is 9.88 Å². The molecule has 258 valence electrons. The molecule has 1 aromatic heterocycles. The monoisotopic (exact) mass is 638 g/mol. The Morgan fingerprint density at radius 2 is 1.20 bits per heavy atom. The Labute approximate surface area is 271 Å². The van der Waals surface area contributed by atoms with Crippen LogP contribution in [0.2, 0.25) is 0 Å². The first-order chi connectivity index (χ1) is 22.0. The van der Waals surface area contributed by atoms with E-state index in [1.165, 1.54) is 70.6 Å². The number of imide groups is 1. The number of rotatable bonds is 27. The van der Waals surface area contributed by atoms with E-state index in [9.17, 15) is 14.4 Å². The van der Waals surface area contributed by atoms with Crippen LogP contribution in [-0.2, 0) is 36.8 Å². The number of hydrogen-bond donors (Lipinski definition) is 1. The van der Waals surface area contributed by atoms with Crippen molar-refractivity contribution in [2.24, 2.45) is 0 Å². The van der Waals surface area contributed by atoms with Gasteiger partial charge in [-0.25, -0.2) is 23.9 Å². The number of nitrogens with zero attached hydrogens (tertiary/aromatic N) is 2. The molecule has 1 N–H and O–H groups in total. The second-order valence-electron chi connectivity index (χ2n) is 10.9. The average molecular weight is 639 g/mol. The van der Waals surface area contributed by atoms with E-state index >= 15 is 0 Å². The van der Waals surface area contributed by atoms with Crippen molar-refractivity contribution in [3.8, 4) is 0 Å². The quantitative estimate of drug-likeness (QED) is 0.0626. The summed E-state index contributed by atoms with van der Waals surface area (Å²) in [7, 11) is 0. The van der Waals surface area contributed by atoms with E-state index in [0.717, 1.165) is 23.4 Å². The van der Waals surface area contributed by atoms with Gasteiger partial charge in [0.05, 0.1) is 33.0 Å². The highest BCUT2D eigenvalue weighted by molar-refractivity contribution is 5.87. The molecule has 1 aromatic rings. The normalized spacial score (nSPS) is 10.8. The van der Waals surface area contributed by atoms with Gasteiger partial charge < -0.3 is 29.0 Å². The van der Waals surface area contributed by atoms with Gasteiger partial charge in [0.25, 0.3) is 0 Å². The van der Waals surface area contributed by atoms with E-state index < -0.39 is 18.3 Å². The molecule has 1 heterocycles. The van der Waals surface area contributed by atoms with E-state index in [1.807, 2.05) is 35.9 Å². The van der Waals surface area contributed by atoms with Crippen LogP contribution >= 0.6 is 0 Å². The molecule has 0 unspecified atom stereocenters. The molecule has 0 aliphatic carbocycles. The first-order valence-electron chi connectivity index (χ1n) is 17.2. The minimum absolute atomic E-state index is 0.0279. The summed E-state index contributed by atoms with van der Waals surface area (Å²) in [6.07, 6.45) is 16.7. The fourth-order valence-corrected chi connectivity index (χ4v) is 4.70. The van der Waals surface area contributed by atoms with Crippen LogP contribution in [-0.4, -0.2) is 76.0 Å². The fourth-order valence-electron chi connectivity index (χ4n) is 4.70. The molecule has 11 heteroatoms. The Kier molecular flexibility index (Phi) is 25.4. The first-order valence-corrected chi connectivity index (χ1v) is 17.2. The Bertz CT molecular complexity index is 902. The molecule has 0 atom stereocenters. The lowest BCUT2D eigenvalue weighted by Gasteiger charge is -2.18. The minimum atomic E-state index is -0.802. The number of nitrogens with one attached hydrogen (secondary N) is 1. The Hall–Kier alpha value is -2.92. The second-order valence-corrected chi connectivity index (χ2v) is 10.9. The number of amides is 3. The third kappa shape index (κ3) is 21.5. The smallest absolute Gasteiger partial charge is 0.419 e. The van der Waals surface area contributed by atoms with Crippen molar-refractivity contribution in [2.45, 2.75) is 117 Å². The van der Waals surface area contributed by atoms with Gasteiger partial charge in [-0.1, -0.05) is 90.0 Å². The van der Waals surface area contributed by atoms with Gasteiger partial charge in [0, 0.05) is 18.7 Å². The van der Waals surface area contributed by atoms with E-state index in [4.69, 9.17) is 23.7 Å². The van der Waals surface area contributed by atoms with Crippen molar-refractivity contribution >= 4 is 18.3 Å². The van der Waals surface area contributed by atoms with Crippen molar-refractivity contribution in [3.05, 3.63) is 30.1 Å². The number of carbonyl (C=O) groups excluding carboxylic acids is 3. The Morgan fingerprint density at radius 3 is 1.78 bits per heavy atom. The number of pyridine rings is 1. The molecule has 0 fully saturated rings. The van der Waals surface area contributed by atoms with Crippen molar-refractivity contribution in [1.29, 1.82) is 0 Å². The summed E-state index contributed by atoms with van der Waals surface area (Å²) in [5.74, 6) is 0. The maximum Gasteiger partial charge on any atom is 0.419 e. The molecule has 0 aromatic carbocycles. The molecule has 0 spiro atoms. The van der Waals surface area contributed by atoms with Crippen LogP contribution in [0.5, 0.6) is 0 Å². The zero-order valence-corrected chi connectivity index (χ0v) is 28.2. The molecular weight excluding hydrogens is 578 g/mol. The molecule has 11 nitrogen and oxygen atoms in total. The minimum Gasteiger partial charge on any atom is -0.449 e. The number of hydrogen-bond acceptors (Lipinski definition) is 8. The second kappa shape index (κ2) is 28.5. The maximum atomic E-state index is 12.6. The van der Waals surface area contributed by atoms with E-state index in [0.29, 0.717) is 19.7 Å². The van der Waals surface area contributed by atoms with Gasteiger partial charge >= 0.3 is 18.3 Å². The van der Waals surface area contributed by atoms with Gasteiger partial charge in [0.1, 0.15) is 26.3 Å². The highest BCUT2D eigenvalue weighted by Gasteiger charge is 2.27. The fraction of sp³-hybridized carbons (Fsp3) is 0.765. The van der Waals surface area contributed by atoms with Crippen LogP contribution in [0.25, 0.3) is 0 Å². The van der Waals surface area contributed by atoms with Gasteiger partial charge in [-0.3, -0.25) is 0 Å². The summed E-state index contributed by atoms with van der Waals surface area (Å²) < 4.78 is 28.2. The molecule has 0 aliphatic heterocycles. The molecule has 0 bridgehead atoms. The maximum absolute atomic E-state index is 12.6. The van der Waals surface area contributed by atoms with Crippen LogP contribution in [0.4, 0.5) is 14.4 Å². The van der Waals surface area contributed by atoms with Crippen LogP contribution in [0.15, 0.2) is 24.4 Å². The third-order valence-electron chi connectivity index (χ3n) is 7.24. The summed E-state index contributed by atoms with van der Waals surface area (Å²) in [6, 6.07) is 5.56. The Balaban J connectivity index is 1.98. The first kappa shape index (κ1) is 40.1. The number of aromatic nitrogens is 1. The zero-order valence-electron chi connectivity index (χ0n) is 28.2. The summed E-state index contributed by atoms with van der Waals surface area (Å²) in [6.45, 7) is 8.51. The van der Waals surface area contributed by atoms with Gasteiger partial charge in [0.2, 0.25) is 5.69 Å². The number of ether oxygens (including phenoxy) is 5. The van der Waals surface area contributed by atoms with Crippen LogP contribution in [0, 0.1) is 0 Å². The summed E-state index contributed by atoms with van der Waals surface area (Å²) in [5.41, 5.74) is 0.773. The standard InChI is InChI=1S/C34H59N3O8/c1-4-7-8-9-10-11-12-13-14-15-16-17-19-22-35-32(38)44-28-26-41-24-25-42-27-29-45-34(40)37(33(39)43-6-3)30-31-21-18-20-23-36(31)5-2/h18,20-21,23H,4-17,19,22,24-30H2,1-3H3/p+1. The number of unbranched alkanes of at least 4 members (excludes halogenated alkanes) is 12. The Morgan fingerprint density at radius 1 is 0.667 bits per heavy atom. The topological polar surface area (TPSA) is 117 Å². The molecule has 3 amide bonds. The molecular formula is C34H60N3O8+. The van der Waals surface area contributed by atoms with E-state index in [-0.39, 0.29) is 46.2 Å². The number of alkyl carbamates (subject to hydrolysis) is 1. The molecule has 0 radical (unpaired) electrons. The molecule has 1 rings (SSSR count). The van der Waals surface area contributed by atoms with Crippen molar-refractivity contribution in [3.63, 3.8) is 0 Å². The molecule has 0 saturated carbocycles. The lowest BCUT2D eigenvalue weighted by molar-refractivity contribution is -0.701. The molecule has 0 aliphatic rings. The van der Waals surface area contributed by atoms with Crippen molar-refractivity contribution in [1.82, 2.24) is 10.2 Å². The molecule has 45 heavy (non-hydrogen) atoms. The third-order valence-corrected chi connectivity index (χ3v) is 7.24. The van der Waals surface area contributed by atoms with Gasteiger partial charge in [0.15, 0.2) is 6.20 Å². The summed E-state index contributed by atoms with van der Waals surface area (Å²) >= 11 is 0. The lowest BCUT2D eigenvalue weighted by Crippen LogP contribution is -2.44. The van der Waals surface area contributed by atoms with Gasteiger partial charge in [-0.15, -0.1) is 0 Å². The summed E-state index contributed by atoms with van der Waals surface area (Å²) in [5, 5.41) is 2.78. The predicted molar refractivity (Wildman–Crippen MR) is 173 cm³/mol. The highest BCUT2D eigenvalue weighted by atomic mass is 16.6. The van der Waals surface area contributed by atoms with Gasteiger partial charge in [-0.2, -0.15) is 0 Å². The zero-order chi connectivity index (χ0) is 32.8. The molecule has 0 saturated heterocycles. The van der Waals surface area contributed by atoms with Gasteiger partial charge in [-0.05, 0) is 20.3 Å². The van der Waals surface area contributed by atoms with E-state index in [1.54, 1.807) is 6.92 Å². The number of carbonyl (C=O) groups is 3. The lowest BCUT2D eigenvalue weighted by atomic mass is 10.0. The largest absolute Gasteiger partial charge is 0.449 e. The van der Waals surface area contributed by atoms with Crippen LogP contribution in [0.3, 0.4) is 0 Å². The van der Waals surface area contributed by atoms with E-state index in [2.05, 4.69) is 12.2 Å². The predicted octanol–water partition coefficient (Wildman–Crippen LogP) is 6.94. The average Bonchev–Trinajstić information content (AvgIpc) is 3.04. The number of aryl methyl sites for hydroxylation is 1. The van der Waals surface area contributed by atoms with Crippen molar-refractivity contribution in [2.75, 3.05) is 52.8 Å². The SMILES string of the molecule is CCCCCCCCCCCCCCCNC(=O)OCCOCCOCCOC(=O)N(Cc1cccc[n+]1CC)C(=O)OCC.